The molecule has 1 heterocycles. The quantitative estimate of drug-likeness (QED) is 0.837. The Bertz CT molecular complexity index is 626. The maximum absolute atomic E-state index is 13.7. The molecule has 3 N–H and O–H groups in total. The molecular formula is C12H8BrF2N3S. The molecule has 1 aromatic carbocycles. The summed E-state index contributed by atoms with van der Waals surface area (Å²) in [5.41, 5.74) is 6.06. The van der Waals surface area contributed by atoms with E-state index in [1.165, 1.54) is 12.4 Å². The van der Waals surface area contributed by atoms with Gasteiger partial charge in [-0.3, -0.25) is 4.98 Å². The van der Waals surface area contributed by atoms with Gasteiger partial charge < -0.3 is 11.1 Å². The van der Waals surface area contributed by atoms with Crippen molar-refractivity contribution >= 4 is 44.5 Å². The molecule has 0 fully saturated rings. The number of anilines is 2. The SMILES string of the molecule is NC(=S)c1ccncc1Nc1c(F)cc(Br)cc1F. The Kier molecular flexibility index (Phi) is 4.06. The molecule has 0 aliphatic rings. The fourth-order valence-corrected chi connectivity index (χ4v) is 2.09. The number of rotatable bonds is 3. The lowest BCUT2D eigenvalue weighted by molar-refractivity contribution is 0.589. The number of nitrogens with two attached hydrogens (primary N) is 1. The molecule has 0 bridgehead atoms. The predicted molar refractivity (Wildman–Crippen MR) is 77.5 cm³/mol. The number of halogens is 3. The minimum atomic E-state index is -0.732. The van der Waals surface area contributed by atoms with Gasteiger partial charge in [0.2, 0.25) is 0 Å². The second-order valence-electron chi connectivity index (χ2n) is 3.65. The van der Waals surface area contributed by atoms with Crippen LogP contribution in [-0.2, 0) is 0 Å². The first-order valence-corrected chi connectivity index (χ1v) is 6.34. The summed E-state index contributed by atoms with van der Waals surface area (Å²) in [7, 11) is 0. The topological polar surface area (TPSA) is 50.9 Å². The zero-order chi connectivity index (χ0) is 14.0. The van der Waals surface area contributed by atoms with Gasteiger partial charge >= 0.3 is 0 Å². The number of hydrogen-bond acceptors (Lipinski definition) is 3. The Hall–Kier alpha value is -1.60. The number of benzene rings is 1. The first-order chi connectivity index (χ1) is 8.99. The standard InChI is InChI=1S/C12H8BrF2N3S/c13-6-3-8(14)11(9(15)4-6)18-10-5-17-2-1-7(10)12(16)19/h1-5,18H,(H2,16,19). The van der Waals surface area contributed by atoms with Crippen molar-refractivity contribution in [2.75, 3.05) is 5.32 Å². The molecule has 0 amide bonds. The highest BCUT2D eigenvalue weighted by atomic mass is 79.9. The van der Waals surface area contributed by atoms with Crippen molar-refractivity contribution in [3.8, 4) is 0 Å². The molecule has 0 atom stereocenters. The van der Waals surface area contributed by atoms with Crippen LogP contribution in [0.4, 0.5) is 20.2 Å². The molecule has 0 spiro atoms. The molecule has 3 nitrogen and oxygen atoms in total. The highest BCUT2D eigenvalue weighted by molar-refractivity contribution is 9.10. The van der Waals surface area contributed by atoms with Crippen LogP contribution in [0.2, 0.25) is 0 Å². The summed E-state index contributed by atoms with van der Waals surface area (Å²) in [6.45, 7) is 0. The lowest BCUT2D eigenvalue weighted by Gasteiger charge is -2.12. The molecule has 0 unspecified atom stereocenters. The molecule has 0 aliphatic heterocycles. The number of nitrogens with one attached hydrogen (secondary N) is 1. The molecule has 98 valence electrons. The second kappa shape index (κ2) is 5.58. The molecule has 0 saturated carbocycles. The van der Waals surface area contributed by atoms with Gasteiger partial charge in [0, 0.05) is 16.2 Å². The van der Waals surface area contributed by atoms with Crippen LogP contribution in [0.1, 0.15) is 5.56 Å². The van der Waals surface area contributed by atoms with Crippen LogP contribution in [-0.4, -0.2) is 9.97 Å². The molecule has 7 heteroatoms. The lowest BCUT2D eigenvalue weighted by atomic mass is 10.2. The van der Waals surface area contributed by atoms with Gasteiger partial charge in [-0.1, -0.05) is 28.1 Å². The Balaban J connectivity index is 2.45. The summed E-state index contributed by atoms with van der Waals surface area (Å²) in [5, 5.41) is 2.62. The third-order valence-electron chi connectivity index (χ3n) is 2.35. The molecular weight excluding hydrogens is 336 g/mol. The van der Waals surface area contributed by atoms with Crippen LogP contribution in [0.25, 0.3) is 0 Å². The van der Waals surface area contributed by atoms with Crippen molar-refractivity contribution in [3.63, 3.8) is 0 Å². The molecule has 2 rings (SSSR count). The molecule has 0 aliphatic carbocycles. The summed E-state index contributed by atoms with van der Waals surface area (Å²) < 4.78 is 27.7. The van der Waals surface area contributed by atoms with E-state index in [9.17, 15) is 8.78 Å². The molecule has 0 radical (unpaired) electrons. The fraction of sp³-hybridized carbons (Fsp3) is 0. The van der Waals surface area contributed by atoms with E-state index in [1.54, 1.807) is 6.07 Å². The molecule has 0 saturated heterocycles. The third kappa shape index (κ3) is 3.05. The van der Waals surface area contributed by atoms with Gasteiger partial charge in [0.25, 0.3) is 0 Å². The van der Waals surface area contributed by atoms with Crippen molar-refractivity contribution in [1.82, 2.24) is 4.98 Å². The molecule has 19 heavy (non-hydrogen) atoms. The van der Waals surface area contributed by atoms with E-state index >= 15 is 0 Å². The summed E-state index contributed by atoms with van der Waals surface area (Å²) in [5.74, 6) is -1.46. The Morgan fingerprint density at radius 2 is 1.95 bits per heavy atom. The van der Waals surface area contributed by atoms with Gasteiger partial charge in [0.1, 0.15) is 10.7 Å². The maximum Gasteiger partial charge on any atom is 0.150 e. The van der Waals surface area contributed by atoms with E-state index in [0.717, 1.165) is 12.1 Å². The smallest absolute Gasteiger partial charge is 0.150 e. The summed E-state index contributed by atoms with van der Waals surface area (Å²) in [6.07, 6.45) is 2.89. The summed E-state index contributed by atoms with van der Waals surface area (Å²) in [6, 6.07) is 3.88. The average molecular weight is 344 g/mol. The first-order valence-electron chi connectivity index (χ1n) is 5.14. The Labute approximate surface area is 122 Å². The van der Waals surface area contributed by atoms with Crippen molar-refractivity contribution in [2.24, 2.45) is 5.73 Å². The Morgan fingerprint density at radius 1 is 1.32 bits per heavy atom. The van der Waals surface area contributed by atoms with Gasteiger partial charge in [-0.25, -0.2) is 8.78 Å². The third-order valence-corrected chi connectivity index (χ3v) is 3.03. The summed E-state index contributed by atoms with van der Waals surface area (Å²) >= 11 is 7.88. The largest absolute Gasteiger partial charge is 0.389 e. The minimum absolute atomic E-state index is 0.114. The first kappa shape index (κ1) is 13.8. The zero-order valence-electron chi connectivity index (χ0n) is 9.45. The van der Waals surface area contributed by atoms with Crippen molar-refractivity contribution < 1.29 is 8.78 Å². The molecule has 2 aromatic rings. The van der Waals surface area contributed by atoms with Gasteiger partial charge in [0.05, 0.1) is 11.9 Å². The second-order valence-corrected chi connectivity index (χ2v) is 5.01. The zero-order valence-corrected chi connectivity index (χ0v) is 11.9. The van der Waals surface area contributed by atoms with E-state index in [1.807, 2.05) is 0 Å². The maximum atomic E-state index is 13.7. The highest BCUT2D eigenvalue weighted by Gasteiger charge is 2.13. The number of pyridine rings is 1. The van der Waals surface area contributed by atoms with Gasteiger partial charge in [-0.15, -0.1) is 0 Å². The number of thiocarbonyl (C=S) groups is 1. The van der Waals surface area contributed by atoms with Crippen molar-refractivity contribution in [2.45, 2.75) is 0 Å². The van der Waals surface area contributed by atoms with E-state index in [-0.39, 0.29) is 10.7 Å². The predicted octanol–water partition coefficient (Wildman–Crippen LogP) is 3.50. The lowest BCUT2D eigenvalue weighted by Crippen LogP contribution is -2.12. The molecule has 1 aromatic heterocycles. The van der Waals surface area contributed by atoms with Crippen LogP contribution in [0, 0.1) is 11.6 Å². The van der Waals surface area contributed by atoms with Crippen LogP contribution >= 0.6 is 28.1 Å². The van der Waals surface area contributed by atoms with Crippen molar-refractivity contribution in [1.29, 1.82) is 0 Å². The number of hydrogen-bond donors (Lipinski definition) is 2. The average Bonchev–Trinajstić information content (AvgIpc) is 2.34. The Morgan fingerprint density at radius 3 is 2.53 bits per heavy atom. The minimum Gasteiger partial charge on any atom is -0.389 e. The monoisotopic (exact) mass is 343 g/mol. The number of nitrogens with zero attached hydrogens (tertiary/aromatic N) is 1. The van der Waals surface area contributed by atoms with Crippen molar-refractivity contribution in [3.05, 3.63) is 52.3 Å². The van der Waals surface area contributed by atoms with Crippen LogP contribution in [0.3, 0.4) is 0 Å². The number of aromatic nitrogens is 1. The van der Waals surface area contributed by atoms with Crippen LogP contribution in [0.5, 0.6) is 0 Å². The van der Waals surface area contributed by atoms with E-state index < -0.39 is 11.6 Å². The van der Waals surface area contributed by atoms with Crippen LogP contribution in [0.15, 0.2) is 35.1 Å². The van der Waals surface area contributed by atoms with E-state index in [0.29, 0.717) is 15.7 Å². The van der Waals surface area contributed by atoms with Gasteiger partial charge in [-0.05, 0) is 18.2 Å². The fourth-order valence-electron chi connectivity index (χ4n) is 1.51. The highest BCUT2D eigenvalue weighted by Crippen LogP contribution is 2.27. The van der Waals surface area contributed by atoms with E-state index in [2.05, 4.69) is 26.2 Å². The normalized spacial score (nSPS) is 10.3. The van der Waals surface area contributed by atoms with E-state index in [4.69, 9.17) is 18.0 Å². The van der Waals surface area contributed by atoms with Gasteiger partial charge in [-0.2, -0.15) is 0 Å². The van der Waals surface area contributed by atoms with Crippen LogP contribution < -0.4 is 11.1 Å². The van der Waals surface area contributed by atoms with Gasteiger partial charge in [0.15, 0.2) is 11.6 Å². The summed E-state index contributed by atoms with van der Waals surface area (Å²) in [4.78, 5) is 3.98.